The zero-order valence-corrected chi connectivity index (χ0v) is 64.2. The highest BCUT2D eigenvalue weighted by atomic mass is 32.1. The number of phenolic OH excluding ortho intramolecular Hbond substituents is 4. The summed E-state index contributed by atoms with van der Waals surface area (Å²) in [7, 11) is 28.6. The molecule has 1 heterocycles. The minimum atomic E-state index is -0.589. The SMILES string of the molecule is CC(C)c1cc(C(=O)NN)c(O)cc1O.CCCCN(C)C.COc1ccc(-n2c(-c3cc(C(C)C)c(O)cc3O)n[nH]c2=S)cc1N(C)CCN(C)C.COc1ccc(N=C=S)cc1N(C)CCN(C)C.COc1ccc([N+](=O)[O-])cc1N.COc1ccc([N+](=O)[O-])cc1N(C)CCN(C)C. The van der Waals surface area contributed by atoms with Gasteiger partial charge in [0.1, 0.15) is 46.0 Å². The lowest BCUT2D eigenvalue weighted by molar-refractivity contribution is -0.385. The van der Waals surface area contributed by atoms with Gasteiger partial charge in [-0.1, -0.05) is 41.0 Å². The molecule has 0 radical (unpaired) electrons. The summed E-state index contributed by atoms with van der Waals surface area (Å²) in [6, 6.07) is 25.8. The van der Waals surface area contributed by atoms with Crippen LogP contribution in [-0.2, 0) is 0 Å². The Morgan fingerprint density at radius 1 is 0.598 bits per heavy atom. The number of hydrogen-bond donors (Lipinski definition) is 8. The number of non-ortho nitro benzene ring substituents is 2. The predicted molar refractivity (Wildman–Crippen MR) is 414 cm³/mol. The topological polar surface area (TPSA) is 354 Å². The Morgan fingerprint density at radius 3 is 1.43 bits per heavy atom. The predicted octanol–water partition coefficient (Wildman–Crippen LogP) is 11.5. The highest BCUT2D eigenvalue weighted by molar-refractivity contribution is 7.78. The third-order valence-electron chi connectivity index (χ3n) is 15.2. The monoisotopic (exact) mass is 1450 g/mol. The molecule has 31 heteroatoms. The maximum Gasteiger partial charge on any atom is 0.271 e. The van der Waals surface area contributed by atoms with Crippen molar-refractivity contribution in [2.75, 3.05) is 172 Å². The number of carbonyl (C=O) groups excluding carboxylic acids is 1. The minimum Gasteiger partial charge on any atom is -0.508 e. The van der Waals surface area contributed by atoms with Gasteiger partial charge in [-0.3, -0.25) is 40.1 Å². The van der Waals surface area contributed by atoms with Crippen molar-refractivity contribution < 1.29 is 54.0 Å². The number of rotatable bonds is 27. The van der Waals surface area contributed by atoms with Gasteiger partial charge in [0.2, 0.25) is 0 Å². The number of phenols is 4. The molecule has 560 valence electrons. The fraction of sp³-hybridized carbons (Fsp3) is 0.437. The van der Waals surface area contributed by atoms with E-state index in [9.17, 15) is 45.4 Å². The molecule has 0 aliphatic carbocycles. The van der Waals surface area contributed by atoms with Crippen LogP contribution in [0.1, 0.15) is 80.8 Å². The third kappa shape index (κ3) is 28.3. The fourth-order valence-electron chi connectivity index (χ4n) is 9.29. The average molecular weight is 1460 g/mol. The molecule has 29 nitrogen and oxygen atoms in total. The molecule has 0 bridgehead atoms. The zero-order chi connectivity index (χ0) is 77.2. The molecule has 0 fully saturated rings. The van der Waals surface area contributed by atoms with E-state index >= 15 is 0 Å². The largest absolute Gasteiger partial charge is 0.508 e. The number of benzene rings is 6. The number of hydrogen-bond acceptors (Lipinski definition) is 26. The van der Waals surface area contributed by atoms with E-state index in [1.807, 2.05) is 124 Å². The van der Waals surface area contributed by atoms with Gasteiger partial charge in [-0.25, -0.2) is 5.84 Å². The first-order chi connectivity index (χ1) is 48.0. The van der Waals surface area contributed by atoms with Crippen molar-refractivity contribution in [1.82, 2.24) is 39.8 Å². The number of nitrogens with two attached hydrogens (primary N) is 2. The van der Waals surface area contributed by atoms with E-state index in [1.165, 1.54) is 69.0 Å². The molecule has 0 unspecified atom stereocenters. The van der Waals surface area contributed by atoms with Crippen LogP contribution in [0.3, 0.4) is 0 Å². The zero-order valence-electron chi connectivity index (χ0n) is 62.6. The number of aromatic amines is 1. The van der Waals surface area contributed by atoms with Crippen LogP contribution in [-0.4, -0.2) is 227 Å². The van der Waals surface area contributed by atoms with Gasteiger partial charge in [0.15, 0.2) is 10.6 Å². The van der Waals surface area contributed by atoms with Gasteiger partial charge >= 0.3 is 0 Å². The number of anilines is 4. The van der Waals surface area contributed by atoms with Crippen molar-refractivity contribution in [2.24, 2.45) is 10.8 Å². The smallest absolute Gasteiger partial charge is 0.271 e. The standard InChI is InChI=1S/C23H31N5O3S.C13H19N3OS.C12H19N3O3.C10H14N2O3.C7H8N2O3.C6H15N/c1-14(2)16-12-17(20(30)13-19(16)29)22-24-25-23(32)28(22)15-7-8-21(31-6)18(11-15)27(5)10-9-26(3)4;1-15(2)7-8-16(3)12-9-11(14-10-18)5-6-13(12)17-4;1-13(2)7-8-14(3)11-9-10(15(16)17)5-6-12(11)18-4;1-5(2)6-3-7(10(15)12-11)9(14)4-8(6)13;1-12-7-3-2-5(9(10)11)4-6(7)8;1-4-5-6-7(2)3/h7-8,11-14,29-30H,9-10H2,1-6H3,(H,25,32);2*5-6,9H,7-8H2,1-4H3;3-5,13-14H,11H2,1-2H3,(H,12,15);2-4H,8H2,1H3;4-6H2,1-3H3. The van der Waals surface area contributed by atoms with E-state index in [2.05, 4.69) is 97.1 Å². The fourth-order valence-corrected chi connectivity index (χ4v) is 9.64. The molecule has 7 rings (SSSR count). The molecule has 102 heavy (non-hydrogen) atoms. The highest BCUT2D eigenvalue weighted by Gasteiger charge is 2.22. The molecule has 0 saturated carbocycles. The van der Waals surface area contributed by atoms with Crippen LogP contribution in [0.25, 0.3) is 17.1 Å². The molecule has 1 amide bonds. The molecular weight excluding hydrogens is 1350 g/mol. The number of carbonyl (C=O) groups is 1. The maximum atomic E-state index is 11.2. The lowest BCUT2D eigenvalue weighted by atomic mass is 9.98. The second kappa shape index (κ2) is 44.4. The van der Waals surface area contributed by atoms with Gasteiger partial charge in [-0.15, -0.1) is 0 Å². The van der Waals surface area contributed by atoms with Crippen LogP contribution in [0.5, 0.6) is 46.0 Å². The van der Waals surface area contributed by atoms with Crippen molar-refractivity contribution in [3.8, 4) is 63.1 Å². The highest BCUT2D eigenvalue weighted by Crippen LogP contribution is 2.40. The molecule has 0 aliphatic heterocycles. The summed E-state index contributed by atoms with van der Waals surface area (Å²) in [4.78, 5) is 50.1. The maximum absolute atomic E-state index is 11.2. The number of aromatic hydroxyl groups is 4. The van der Waals surface area contributed by atoms with Crippen LogP contribution in [0.4, 0.5) is 39.8 Å². The summed E-state index contributed by atoms with van der Waals surface area (Å²) >= 11 is 10.1. The van der Waals surface area contributed by atoms with Crippen LogP contribution in [0.2, 0.25) is 0 Å². The summed E-state index contributed by atoms with van der Waals surface area (Å²) in [5.74, 6) is 7.29. The number of nitro groups is 2. The summed E-state index contributed by atoms with van der Waals surface area (Å²) in [5.41, 5.74) is 13.7. The summed E-state index contributed by atoms with van der Waals surface area (Å²) < 4.78 is 23.2. The lowest BCUT2D eigenvalue weighted by Gasteiger charge is -2.24. The molecule has 6 aromatic carbocycles. The third-order valence-corrected chi connectivity index (χ3v) is 15.6. The van der Waals surface area contributed by atoms with Crippen LogP contribution >= 0.6 is 24.4 Å². The number of nitro benzene ring substituents is 2. The Balaban J connectivity index is 0.000000441. The van der Waals surface area contributed by atoms with Gasteiger partial charge in [0, 0.05) is 96.8 Å². The van der Waals surface area contributed by atoms with Crippen molar-refractivity contribution >= 4 is 75.3 Å². The second-order valence-corrected chi connectivity index (χ2v) is 25.4. The van der Waals surface area contributed by atoms with Gasteiger partial charge in [-0.05, 0) is 177 Å². The molecule has 0 saturated heterocycles. The molecule has 0 spiro atoms. The number of isothiocyanates is 1. The number of aromatic nitrogens is 3. The van der Waals surface area contributed by atoms with E-state index in [4.69, 9.17) is 42.7 Å². The normalized spacial score (nSPS) is 10.5. The van der Waals surface area contributed by atoms with Gasteiger partial charge in [0.25, 0.3) is 17.3 Å². The lowest BCUT2D eigenvalue weighted by Crippen LogP contribution is -2.30. The Kier molecular flexibility index (Phi) is 38.4. The number of unbranched alkanes of at least 4 members (excludes halogenated alkanes) is 1. The number of aliphatic imine (C=N–C) groups is 1. The minimum absolute atomic E-state index is 0.0314. The first-order valence-electron chi connectivity index (χ1n) is 32.4. The van der Waals surface area contributed by atoms with Crippen molar-refractivity contribution in [3.63, 3.8) is 0 Å². The van der Waals surface area contributed by atoms with E-state index < -0.39 is 15.8 Å². The Morgan fingerprint density at radius 2 is 1.02 bits per heavy atom. The Hall–Kier alpha value is -9.85. The quantitative estimate of drug-likeness (QED) is 0.00451. The number of methoxy groups -OCH3 is 4. The van der Waals surface area contributed by atoms with Gasteiger partial charge in [0.05, 0.1) is 88.7 Å². The number of amides is 1. The number of likely N-dealkylation sites (N-methyl/N-ethyl adjacent to an activating group) is 6. The second-order valence-electron chi connectivity index (χ2n) is 24.9. The number of H-pyrrole nitrogens is 1. The van der Waals surface area contributed by atoms with Gasteiger partial charge < -0.3 is 79.4 Å². The first-order valence-corrected chi connectivity index (χ1v) is 33.3. The summed E-state index contributed by atoms with van der Waals surface area (Å²) in [6.45, 7) is 16.4. The number of ether oxygens (including phenoxy) is 4. The molecule has 0 atom stereocenters. The number of nitrogens with one attached hydrogen (secondary N) is 2. The van der Waals surface area contributed by atoms with E-state index in [1.54, 1.807) is 38.0 Å². The number of hydrazine groups is 1. The number of nitrogens with zero attached hydrogens (tertiary/aromatic N) is 12. The van der Waals surface area contributed by atoms with Crippen molar-refractivity contribution in [3.05, 3.63) is 139 Å². The van der Waals surface area contributed by atoms with Gasteiger partial charge in [-0.2, -0.15) is 10.1 Å². The Labute approximate surface area is 610 Å². The summed E-state index contributed by atoms with van der Waals surface area (Å²) in [5, 5.41) is 70.4. The van der Waals surface area contributed by atoms with E-state index in [0.29, 0.717) is 33.2 Å². The number of nitrogen functional groups attached to an aromatic ring is 2. The van der Waals surface area contributed by atoms with Crippen LogP contribution < -0.4 is 50.6 Å². The first kappa shape index (κ1) is 88.2. The Bertz CT molecular complexity index is 3830. The van der Waals surface area contributed by atoms with E-state index in [-0.39, 0.29) is 57.5 Å². The van der Waals surface area contributed by atoms with Crippen LogP contribution in [0, 0.1) is 25.0 Å². The van der Waals surface area contributed by atoms with Crippen molar-refractivity contribution in [2.45, 2.75) is 59.3 Å². The van der Waals surface area contributed by atoms with E-state index in [0.717, 1.165) is 90.8 Å². The molecule has 0 aliphatic rings. The molecule has 7 aromatic rings. The number of thiocarbonyl (C=S) groups is 1. The van der Waals surface area contributed by atoms with Crippen LogP contribution in [0.15, 0.2) is 102 Å². The molecule has 1 aromatic heterocycles. The molecular formula is C71H106N16O13S2. The average Bonchev–Trinajstić information content (AvgIpc) is 1.58. The van der Waals surface area contributed by atoms with Crippen molar-refractivity contribution in [1.29, 1.82) is 0 Å². The summed E-state index contributed by atoms with van der Waals surface area (Å²) in [6.07, 6.45) is 2.63. The molecule has 10 N–H and O–H groups in total.